The molecular weight excluding hydrogens is 309 g/mol. The number of hydrogen-bond acceptors (Lipinski definition) is 2. The van der Waals surface area contributed by atoms with Gasteiger partial charge in [-0.1, -0.05) is 36.4 Å². The average molecular weight is 324 g/mol. The number of para-hydroxylation sites is 1. The van der Waals surface area contributed by atoms with Crippen LogP contribution in [0.3, 0.4) is 0 Å². The van der Waals surface area contributed by atoms with Gasteiger partial charge in [-0.15, -0.1) is 0 Å². The summed E-state index contributed by atoms with van der Waals surface area (Å²) >= 11 is 3.29. The van der Waals surface area contributed by atoms with Crippen LogP contribution in [0.1, 0.15) is 12.5 Å². The van der Waals surface area contributed by atoms with Crippen molar-refractivity contribution in [2.45, 2.75) is 12.5 Å². The van der Waals surface area contributed by atoms with Gasteiger partial charge < -0.3 is 10.4 Å². The van der Waals surface area contributed by atoms with Crippen molar-refractivity contribution < 1.29 is 9.50 Å². The van der Waals surface area contributed by atoms with Gasteiger partial charge in [0.25, 0.3) is 0 Å². The Bertz CT molecular complexity index is 537. The second kappa shape index (κ2) is 5.72. The van der Waals surface area contributed by atoms with E-state index in [1.807, 2.05) is 30.3 Å². The minimum absolute atomic E-state index is 0.219. The summed E-state index contributed by atoms with van der Waals surface area (Å²) < 4.78 is 14.3. The highest BCUT2D eigenvalue weighted by Gasteiger charge is 2.23. The second-order valence-electron chi connectivity index (χ2n) is 4.59. The highest BCUT2D eigenvalue weighted by molar-refractivity contribution is 9.10. The molecule has 1 atom stereocenters. The molecule has 0 radical (unpaired) electrons. The van der Waals surface area contributed by atoms with Gasteiger partial charge in [0.05, 0.1) is 5.69 Å². The molecule has 2 aromatic rings. The number of aliphatic hydroxyl groups is 1. The molecule has 0 saturated heterocycles. The van der Waals surface area contributed by atoms with E-state index in [0.717, 1.165) is 5.56 Å². The van der Waals surface area contributed by atoms with Crippen molar-refractivity contribution in [1.29, 1.82) is 0 Å². The predicted molar refractivity (Wildman–Crippen MR) is 78.6 cm³/mol. The summed E-state index contributed by atoms with van der Waals surface area (Å²) in [5, 5.41) is 13.4. The lowest BCUT2D eigenvalue weighted by Gasteiger charge is -2.25. The fourth-order valence-electron chi connectivity index (χ4n) is 1.83. The van der Waals surface area contributed by atoms with Gasteiger partial charge >= 0.3 is 0 Å². The van der Waals surface area contributed by atoms with E-state index >= 15 is 0 Å². The monoisotopic (exact) mass is 323 g/mol. The van der Waals surface area contributed by atoms with Gasteiger partial charge in [-0.05, 0) is 40.5 Å². The number of anilines is 1. The van der Waals surface area contributed by atoms with Gasteiger partial charge in [0.2, 0.25) is 0 Å². The van der Waals surface area contributed by atoms with Crippen molar-refractivity contribution >= 4 is 21.6 Å². The first-order valence-electron chi connectivity index (χ1n) is 5.96. The molecule has 2 N–H and O–H groups in total. The Morgan fingerprint density at radius 2 is 1.84 bits per heavy atom. The van der Waals surface area contributed by atoms with Crippen molar-refractivity contribution in [2.24, 2.45) is 0 Å². The lowest BCUT2D eigenvalue weighted by atomic mass is 9.96. The maximum absolute atomic E-state index is 13.7. The molecule has 100 valence electrons. The zero-order valence-electron chi connectivity index (χ0n) is 10.5. The van der Waals surface area contributed by atoms with Crippen LogP contribution < -0.4 is 5.32 Å². The first-order valence-corrected chi connectivity index (χ1v) is 6.76. The van der Waals surface area contributed by atoms with E-state index in [0.29, 0.717) is 10.2 Å². The number of rotatable bonds is 4. The standard InChI is InChI=1S/C15H15BrFNO/c1-15(19,11-6-3-2-4-7-11)10-18-14-12(16)8-5-9-13(14)17/h2-9,18-19H,10H2,1H3. The molecule has 1 unspecified atom stereocenters. The molecule has 19 heavy (non-hydrogen) atoms. The third-order valence-electron chi connectivity index (χ3n) is 2.97. The summed E-state index contributed by atoms with van der Waals surface area (Å²) in [5.41, 5.74) is 0.0804. The number of nitrogens with one attached hydrogen (secondary N) is 1. The molecule has 0 spiro atoms. The number of hydrogen-bond donors (Lipinski definition) is 2. The lowest BCUT2D eigenvalue weighted by molar-refractivity contribution is 0.0714. The van der Waals surface area contributed by atoms with E-state index in [1.54, 1.807) is 19.1 Å². The van der Waals surface area contributed by atoms with E-state index in [2.05, 4.69) is 21.2 Å². The maximum Gasteiger partial charge on any atom is 0.147 e. The number of halogens is 2. The van der Waals surface area contributed by atoms with Crippen LogP contribution in [0.5, 0.6) is 0 Å². The van der Waals surface area contributed by atoms with Crippen LogP contribution in [-0.4, -0.2) is 11.7 Å². The lowest BCUT2D eigenvalue weighted by Crippen LogP contribution is -2.31. The zero-order chi connectivity index (χ0) is 13.9. The van der Waals surface area contributed by atoms with Crippen LogP contribution in [0.4, 0.5) is 10.1 Å². The van der Waals surface area contributed by atoms with Crippen molar-refractivity contribution in [3.05, 3.63) is 64.4 Å². The fourth-order valence-corrected chi connectivity index (χ4v) is 2.31. The molecule has 0 aliphatic heterocycles. The van der Waals surface area contributed by atoms with E-state index in [-0.39, 0.29) is 12.4 Å². The number of benzene rings is 2. The summed E-state index contributed by atoms with van der Waals surface area (Å²) in [4.78, 5) is 0. The molecule has 2 nitrogen and oxygen atoms in total. The average Bonchev–Trinajstić information content (AvgIpc) is 2.39. The van der Waals surface area contributed by atoms with Crippen LogP contribution in [0.15, 0.2) is 53.0 Å². The molecule has 0 aromatic heterocycles. The zero-order valence-corrected chi connectivity index (χ0v) is 12.1. The second-order valence-corrected chi connectivity index (χ2v) is 5.44. The minimum Gasteiger partial charge on any atom is -0.384 e. The summed E-state index contributed by atoms with van der Waals surface area (Å²) in [5.74, 6) is -0.349. The van der Waals surface area contributed by atoms with Gasteiger partial charge in [0.1, 0.15) is 11.4 Å². The topological polar surface area (TPSA) is 32.3 Å². The Morgan fingerprint density at radius 3 is 2.47 bits per heavy atom. The third-order valence-corrected chi connectivity index (χ3v) is 3.63. The first kappa shape index (κ1) is 14.0. The van der Waals surface area contributed by atoms with Crippen LogP contribution in [0.2, 0.25) is 0 Å². The van der Waals surface area contributed by atoms with Gasteiger partial charge in [-0.3, -0.25) is 0 Å². The Balaban J connectivity index is 2.14. The van der Waals surface area contributed by atoms with Crippen LogP contribution in [0.25, 0.3) is 0 Å². The summed E-state index contributed by atoms with van der Waals surface area (Å²) in [6.45, 7) is 1.92. The molecule has 2 rings (SSSR count). The molecular formula is C15H15BrFNO. The first-order chi connectivity index (χ1) is 9.00. The summed E-state index contributed by atoms with van der Waals surface area (Å²) in [6.07, 6.45) is 0. The molecule has 0 amide bonds. The van der Waals surface area contributed by atoms with Crippen LogP contribution in [-0.2, 0) is 5.60 Å². The molecule has 0 bridgehead atoms. The van der Waals surface area contributed by atoms with Gasteiger partial charge in [-0.25, -0.2) is 4.39 Å². The smallest absolute Gasteiger partial charge is 0.147 e. The predicted octanol–water partition coefficient (Wildman–Crippen LogP) is 3.91. The maximum atomic E-state index is 13.7. The molecule has 0 saturated carbocycles. The largest absolute Gasteiger partial charge is 0.384 e. The minimum atomic E-state index is -1.07. The van der Waals surface area contributed by atoms with E-state index in [1.165, 1.54) is 6.07 Å². The van der Waals surface area contributed by atoms with Crippen LogP contribution >= 0.6 is 15.9 Å². The van der Waals surface area contributed by atoms with Crippen molar-refractivity contribution in [3.63, 3.8) is 0 Å². The van der Waals surface area contributed by atoms with E-state index in [4.69, 9.17) is 0 Å². The Morgan fingerprint density at radius 1 is 1.16 bits per heavy atom. The van der Waals surface area contributed by atoms with E-state index < -0.39 is 5.60 Å². The van der Waals surface area contributed by atoms with Crippen molar-refractivity contribution in [3.8, 4) is 0 Å². The van der Waals surface area contributed by atoms with Crippen LogP contribution in [0, 0.1) is 5.82 Å². The Labute approximate surface area is 120 Å². The Kier molecular flexibility index (Phi) is 4.22. The molecule has 0 aliphatic rings. The van der Waals surface area contributed by atoms with Crippen molar-refractivity contribution in [2.75, 3.05) is 11.9 Å². The molecule has 0 aliphatic carbocycles. The van der Waals surface area contributed by atoms with Gasteiger partial charge in [0, 0.05) is 11.0 Å². The van der Waals surface area contributed by atoms with E-state index in [9.17, 15) is 9.50 Å². The summed E-state index contributed by atoms with van der Waals surface area (Å²) in [7, 11) is 0. The normalized spacial score (nSPS) is 13.9. The highest BCUT2D eigenvalue weighted by Crippen LogP contribution is 2.27. The van der Waals surface area contributed by atoms with Crippen molar-refractivity contribution in [1.82, 2.24) is 0 Å². The molecule has 0 heterocycles. The third kappa shape index (κ3) is 3.33. The van der Waals surface area contributed by atoms with Gasteiger partial charge in [-0.2, -0.15) is 0 Å². The van der Waals surface area contributed by atoms with Gasteiger partial charge in [0.15, 0.2) is 0 Å². The molecule has 4 heteroatoms. The quantitative estimate of drug-likeness (QED) is 0.894. The Hall–Kier alpha value is -1.39. The SMILES string of the molecule is CC(O)(CNc1c(F)cccc1Br)c1ccccc1. The molecule has 2 aromatic carbocycles. The molecule has 0 fully saturated rings. The highest BCUT2D eigenvalue weighted by atomic mass is 79.9. The fraction of sp³-hybridized carbons (Fsp3) is 0.200. The summed E-state index contributed by atoms with van der Waals surface area (Å²) in [6, 6.07) is 14.1.